The van der Waals surface area contributed by atoms with Crippen LogP contribution in [0.1, 0.15) is 29.5 Å². The van der Waals surface area contributed by atoms with Crippen molar-refractivity contribution in [1.29, 1.82) is 0 Å². The molecule has 1 unspecified atom stereocenters. The van der Waals surface area contributed by atoms with Gasteiger partial charge in [-0.05, 0) is 55.9 Å². The van der Waals surface area contributed by atoms with Crippen molar-refractivity contribution in [1.82, 2.24) is 0 Å². The van der Waals surface area contributed by atoms with Crippen LogP contribution >= 0.6 is 31.9 Å². The summed E-state index contributed by atoms with van der Waals surface area (Å²) in [6.07, 6.45) is 2.94. The van der Waals surface area contributed by atoms with Crippen LogP contribution in [0, 0.1) is 19.8 Å². The zero-order valence-corrected chi connectivity index (χ0v) is 13.3. The molecule has 2 rings (SSSR count). The van der Waals surface area contributed by atoms with Crippen LogP contribution in [-0.4, -0.2) is 10.6 Å². The second-order valence-corrected chi connectivity index (χ2v) is 6.85. The number of hydrogen-bond donors (Lipinski definition) is 0. The molecule has 0 saturated heterocycles. The lowest BCUT2D eigenvalue weighted by atomic mass is 9.99. The summed E-state index contributed by atoms with van der Waals surface area (Å²) in [7, 11) is 0. The summed E-state index contributed by atoms with van der Waals surface area (Å²) in [5.74, 6) is 0.695. The van der Waals surface area contributed by atoms with Crippen molar-refractivity contribution >= 4 is 37.6 Å². The van der Waals surface area contributed by atoms with Gasteiger partial charge in [-0.1, -0.05) is 37.9 Å². The molecule has 1 nitrogen and oxygen atoms in total. The van der Waals surface area contributed by atoms with E-state index in [4.69, 9.17) is 0 Å². The Morgan fingerprint density at radius 3 is 2.59 bits per heavy atom. The van der Waals surface area contributed by atoms with Crippen molar-refractivity contribution in [2.75, 3.05) is 0 Å². The van der Waals surface area contributed by atoms with Gasteiger partial charge in [0.2, 0.25) is 0 Å². The molecule has 1 aromatic rings. The van der Waals surface area contributed by atoms with Gasteiger partial charge < -0.3 is 0 Å². The first-order valence-corrected chi connectivity index (χ1v) is 7.63. The largest absolute Gasteiger partial charge is 0.298 e. The molecule has 1 aromatic carbocycles. The van der Waals surface area contributed by atoms with E-state index < -0.39 is 0 Å². The van der Waals surface area contributed by atoms with E-state index >= 15 is 0 Å². The summed E-state index contributed by atoms with van der Waals surface area (Å²) in [6.45, 7) is 4.19. The zero-order valence-electron chi connectivity index (χ0n) is 10.1. The van der Waals surface area contributed by atoms with E-state index in [2.05, 4.69) is 57.8 Å². The fourth-order valence-electron chi connectivity index (χ4n) is 2.11. The number of alkyl halides is 1. The van der Waals surface area contributed by atoms with Crippen LogP contribution in [-0.2, 0) is 11.2 Å². The summed E-state index contributed by atoms with van der Waals surface area (Å²) in [5.41, 5.74) is 3.74. The molecule has 3 heteroatoms. The topological polar surface area (TPSA) is 17.1 Å². The smallest absolute Gasteiger partial charge is 0.149 e. The summed E-state index contributed by atoms with van der Waals surface area (Å²) in [6, 6.07) is 4.28. The maximum absolute atomic E-state index is 11.9. The van der Waals surface area contributed by atoms with Gasteiger partial charge in [-0.25, -0.2) is 0 Å². The molecule has 17 heavy (non-hydrogen) atoms. The average Bonchev–Trinajstić information content (AvgIpc) is 3.05. The number of carbonyl (C=O) groups excluding carboxylic acids is 1. The van der Waals surface area contributed by atoms with Gasteiger partial charge in [-0.3, -0.25) is 4.79 Å². The van der Waals surface area contributed by atoms with E-state index in [1.165, 1.54) is 16.7 Å². The van der Waals surface area contributed by atoms with Crippen molar-refractivity contribution in [3.63, 3.8) is 0 Å². The number of rotatable bonds is 4. The average molecular weight is 360 g/mol. The van der Waals surface area contributed by atoms with Crippen molar-refractivity contribution < 1.29 is 4.79 Å². The highest BCUT2D eigenvalue weighted by atomic mass is 79.9. The third kappa shape index (κ3) is 3.19. The maximum atomic E-state index is 11.9. The van der Waals surface area contributed by atoms with E-state index in [1.807, 2.05) is 0 Å². The molecular formula is C14H16Br2O. The summed E-state index contributed by atoms with van der Waals surface area (Å²) in [4.78, 5) is 11.9. The molecule has 1 atom stereocenters. The molecule has 0 N–H and O–H groups in total. The number of aryl methyl sites for hydroxylation is 2. The number of ketones is 1. The Morgan fingerprint density at radius 1 is 1.41 bits per heavy atom. The summed E-state index contributed by atoms with van der Waals surface area (Å²) >= 11 is 7.13. The van der Waals surface area contributed by atoms with E-state index in [1.54, 1.807) is 0 Å². The van der Waals surface area contributed by atoms with Crippen LogP contribution in [0.5, 0.6) is 0 Å². The molecule has 0 aromatic heterocycles. The molecule has 0 amide bonds. The Morgan fingerprint density at radius 2 is 2.06 bits per heavy atom. The standard InChI is InChI=1S/C14H16Br2O/c1-8-5-9(2)11(12(15)6-8)7-13(16)14(17)10-3-4-10/h5-6,10,13H,3-4,7H2,1-2H3. The van der Waals surface area contributed by atoms with Gasteiger partial charge in [-0.2, -0.15) is 0 Å². The van der Waals surface area contributed by atoms with Crippen molar-refractivity contribution in [2.45, 2.75) is 37.9 Å². The molecule has 1 saturated carbocycles. The third-order valence-electron chi connectivity index (χ3n) is 3.23. The number of hydrogen-bond acceptors (Lipinski definition) is 1. The second kappa shape index (κ2) is 5.23. The lowest BCUT2D eigenvalue weighted by molar-refractivity contribution is -0.119. The fourth-order valence-corrected chi connectivity index (χ4v) is 3.64. The number of carbonyl (C=O) groups is 1. The Labute approximate surface area is 119 Å². The molecule has 0 spiro atoms. The number of benzene rings is 1. The highest BCUT2D eigenvalue weighted by molar-refractivity contribution is 9.10. The third-order valence-corrected chi connectivity index (χ3v) is 4.72. The first kappa shape index (κ1) is 13.3. The lowest BCUT2D eigenvalue weighted by Crippen LogP contribution is -2.19. The van der Waals surface area contributed by atoms with Gasteiger partial charge in [-0.15, -0.1) is 0 Å². The van der Waals surface area contributed by atoms with Crippen LogP contribution < -0.4 is 0 Å². The molecule has 92 valence electrons. The highest BCUT2D eigenvalue weighted by Gasteiger charge is 2.33. The van der Waals surface area contributed by atoms with Gasteiger partial charge in [0.1, 0.15) is 5.78 Å². The summed E-state index contributed by atoms with van der Waals surface area (Å²) in [5, 5.41) is 0. The maximum Gasteiger partial charge on any atom is 0.149 e. The van der Waals surface area contributed by atoms with Crippen molar-refractivity contribution in [3.8, 4) is 0 Å². The molecule has 1 aliphatic rings. The van der Waals surface area contributed by atoms with E-state index in [0.717, 1.165) is 23.7 Å². The highest BCUT2D eigenvalue weighted by Crippen LogP contribution is 2.34. The van der Waals surface area contributed by atoms with E-state index in [-0.39, 0.29) is 4.83 Å². The SMILES string of the molecule is Cc1cc(C)c(CC(Br)C(=O)C2CC2)c(Br)c1. The van der Waals surface area contributed by atoms with Crippen molar-refractivity contribution in [2.24, 2.45) is 5.92 Å². The normalized spacial score (nSPS) is 16.9. The summed E-state index contributed by atoms with van der Waals surface area (Å²) < 4.78 is 1.11. The monoisotopic (exact) mass is 358 g/mol. The molecule has 0 aliphatic heterocycles. The minimum Gasteiger partial charge on any atom is -0.298 e. The van der Waals surface area contributed by atoms with Gasteiger partial charge in [0.25, 0.3) is 0 Å². The number of Topliss-reactive ketones (excluding diaryl/α,β-unsaturated/α-hetero) is 1. The molecular weight excluding hydrogens is 344 g/mol. The van der Waals surface area contributed by atoms with Gasteiger partial charge in [0.05, 0.1) is 4.83 Å². The molecule has 0 bridgehead atoms. The van der Waals surface area contributed by atoms with E-state index in [0.29, 0.717) is 11.7 Å². The minimum absolute atomic E-state index is 0.0345. The predicted molar refractivity (Wildman–Crippen MR) is 77.8 cm³/mol. The molecule has 1 fully saturated rings. The molecule has 0 heterocycles. The fraction of sp³-hybridized carbons (Fsp3) is 0.500. The zero-order chi connectivity index (χ0) is 12.6. The molecule has 0 radical (unpaired) electrons. The van der Waals surface area contributed by atoms with Gasteiger partial charge in [0.15, 0.2) is 0 Å². The van der Waals surface area contributed by atoms with Gasteiger partial charge >= 0.3 is 0 Å². The Bertz CT molecular complexity index is 427. The second-order valence-electron chi connectivity index (χ2n) is 4.89. The Balaban J connectivity index is 2.15. The van der Waals surface area contributed by atoms with Crippen LogP contribution in [0.4, 0.5) is 0 Å². The number of halogens is 2. The van der Waals surface area contributed by atoms with Crippen LogP contribution in [0.2, 0.25) is 0 Å². The lowest BCUT2D eigenvalue weighted by Gasteiger charge is -2.13. The Hall–Kier alpha value is -0.150. The van der Waals surface area contributed by atoms with Gasteiger partial charge in [0, 0.05) is 10.4 Å². The molecule has 1 aliphatic carbocycles. The van der Waals surface area contributed by atoms with E-state index in [9.17, 15) is 4.79 Å². The van der Waals surface area contributed by atoms with Crippen molar-refractivity contribution in [3.05, 3.63) is 33.3 Å². The predicted octanol–water partition coefficient (Wildman–Crippen LogP) is 4.35. The van der Waals surface area contributed by atoms with Crippen LogP contribution in [0.25, 0.3) is 0 Å². The first-order chi connectivity index (χ1) is 7.99. The Kier molecular flexibility index (Phi) is 4.09. The minimum atomic E-state index is -0.0345. The quantitative estimate of drug-likeness (QED) is 0.730. The first-order valence-electron chi connectivity index (χ1n) is 5.92. The van der Waals surface area contributed by atoms with Crippen LogP contribution in [0.15, 0.2) is 16.6 Å². The van der Waals surface area contributed by atoms with Crippen LogP contribution in [0.3, 0.4) is 0 Å².